The molecule has 0 radical (unpaired) electrons. The highest BCUT2D eigenvalue weighted by Gasteiger charge is 2.04. The van der Waals surface area contributed by atoms with E-state index >= 15 is 0 Å². The standard InChI is InChI=1S/C31H62O2/c1-5-7-8-19-25-30(4)26-21-16-12-13-17-22-27-31(32)33-28-23-18-14-10-9-11-15-20-24-29(3)6-2/h29-30H,5-28H2,1-4H3. The van der Waals surface area contributed by atoms with E-state index in [-0.39, 0.29) is 5.97 Å². The number of ether oxygens (including phenoxy) is 1. The first-order valence-corrected chi connectivity index (χ1v) is 15.3. The van der Waals surface area contributed by atoms with Gasteiger partial charge in [-0.25, -0.2) is 0 Å². The first kappa shape index (κ1) is 32.5. The van der Waals surface area contributed by atoms with Crippen LogP contribution < -0.4 is 0 Å². The Morgan fingerprint density at radius 1 is 0.545 bits per heavy atom. The fourth-order valence-corrected chi connectivity index (χ4v) is 4.65. The molecule has 0 aliphatic carbocycles. The maximum absolute atomic E-state index is 11.9. The van der Waals surface area contributed by atoms with Crippen LogP contribution in [0.4, 0.5) is 0 Å². The SMILES string of the molecule is CCCCCCC(C)CCCCCCCCC(=O)OCCCCCCCCCCC(C)CC. The molecule has 0 N–H and O–H groups in total. The van der Waals surface area contributed by atoms with Crippen molar-refractivity contribution in [2.45, 2.75) is 175 Å². The average molecular weight is 467 g/mol. The molecule has 0 bridgehead atoms. The summed E-state index contributed by atoms with van der Waals surface area (Å²) in [5.74, 6) is 1.83. The van der Waals surface area contributed by atoms with Gasteiger partial charge in [-0.3, -0.25) is 4.79 Å². The summed E-state index contributed by atoms with van der Waals surface area (Å²) in [6.07, 6.45) is 29.7. The number of rotatable bonds is 26. The van der Waals surface area contributed by atoms with Crippen LogP contribution >= 0.6 is 0 Å². The lowest BCUT2D eigenvalue weighted by molar-refractivity contribution is -0.143. The molecule has 0 aromatic rings. The number of esters is 1. The van der Waals surface area contributed by atoms with Crippen molar-refractivity contribution in [1.29, 1.82) is 0 Å². The molecule has 0 aromatic carbocycles. The van der Waals surface area contributed by atoms with Crippen LogP contribution in [0.2, 0.25) is 0 Å². The minimum absolute atomic E-state index is 0.0215. The summed E-state index contributed by atoms with van der Waals surface area (Å²) < 4.78 is 5.41. The number of carbonyl (C=O) groups is 1. The Bertz CT molecular complexity index is 392. The second-order valence-electron chi connectivity index (χ2n) is 11.0. The molecule has 198 valence electrons. The molecular weight excluding hydrogens is 404 g/mol. The van der Waals surface area contributed by atoms with E-state index in [1.54, 1.807) is 0 Å². The summed E-state index contributed by atoms with van der Waals surface area (Å²) in [5.41, 5.74) is 0. The molecule has 2 unspecified atom stereocenters. The van der Waals surface area contributed by atoms with Crippen LogP contribution in [-0.4, -0.2) is 12.6 Å². The molecule has 0 fully saturated rings. The number of hydrogen-bond donors (Lipinski definition) is 0. The molecule has 33 heavy (non-hydrogen) atoms. The summed E-state index contributed by atoms with van der Waals surface area (Å²) >= 11 is 0. The van der Waals surface area contributed by atoms with Gasteiger partial charge in [0.15, 0.2) is 0 Å². The lowest BCUT2D eigenvalue weighted by Crippen LogP contribution is -2.05. The van der Waals surface area contributed by atoms with Crippen molar-refractivity contribution < 1.29 is 9.53 Å². The van der Waals surface area contributed by atoms with Gasteiger partial charge in [0.1, 0.15) is 0 Å². The highest BCUT2D eigenvalue weighted by Crippen LogP contribution is 2.18. The summed E-state index contributed by atoms with van der Waals surface area (Å²) in [4.78, 5) is 11.9. The van der Waals surface area contributed by atoms with Crippen molar-refractivity contribution in [3.8, 4) is 0 Å². The van der Waals surface area contributed by atoms with Crippen LogP contribution in [0.5, 0.6) is 0 Å². The van der Waals surface area contributed by atoms with Gasteiger partial charge in [-0.15, -0.1) is 0 Å². The van der Waals surface area contributed by atoms with Gasteiger partial charge in [0.05, 0.1) is 6.61 Å². The predicted molar refractivity (Wildman–Crippen MR) is 147 cm³/mol. The minimum atomic E-state index is 0.0215. The zero-order chi connectivity index (χ0) is 24.4. The van der Waals surface area contributed by atoms with Crippen molar-refractivity contribution in [3.63, 3.8) is 0 Å². The quantitative estimate of drug-likeness (QED) is 0.0935. The third kappa shape index (κ3) is 25.9. The topological polar surface area (TPSA) is 26.3 Å². The van der Waals surface area contributed by atoms with Crippen LogP contribution in [0.25, 0.3) is 0 Å². The van der Waals surface area contributed by atoms with E-state index < -0.39 is 0 Å². The fourth-order valence-electron chi connectivity index (χ4n) is 4.65. The van der Waals surface area contributed by atoms with Crippen molar-refractivity contribution in [3.05, 3.63) is 0 Å². The van der Waals surface area contributed by atoms with Crippen LogP contribution in [0.1, 0.15) is 175 Å². The zero-order valence-electron chi connectivity index (χ0n) is 23.4. The molecule has 0 rings (SSSR count). The Balaban J connectivity index is 3.25. The van der Waals surface area contributed by atoms with E-state index in [1.165, 1.54) is 128 Å². The van der Waals surface area contributed by atoms with Gasteiger partial charge < -0.3 is 4.74 Å². The molecule has 0 spiro atoms. The lowest BCUT2D eigenvalue weighted by atomic mass is 9.96. The van der Waals surface area contributed by atoms with Gasteiger partial charge >= 0.3 is 5.97 Å². The largest absolute Gasteiger partial charge is 0.466 e. The summed E-state index contributed by atoms with van der Waals surface area (Å²) in [5, 5.41) is 0. The first-order valence-electron chi connectivity index (χ1n) is 15.3. The maximum Gasteiger partial charge on any atom is 0.305 e. The van der Waals surface area contributed by atoms with E-state index in [0.717, 1.165) is 24.7 Å². The molecule has 0 aliphatic heterocycles. The second kappa shape index (κ2) is 26.1. The first-order chi connectivity index (χ1) is 16.1. The van der Waals surface area contributed by atoms with Crippen molar-refractivity contribution in [1.82, 2.24) is 0 Å². The number of unbranched alkanes of at least 4 members (excludes halogenated alkanes) is 15. The monoisotopic (exact) mass is 466 g/mol. The van der Waals surface area contributed by atoms with Gasteiger partial charge in [0.2, 0.25) is 0 Å². The highest BCUT2D eigenvalue weighted by atomic mass is 16.5. The highest BCUT2D eigenvalue weighted by molar-refractivity contribution is 5.69. The molecule has 0 heterocycles. The van der Waals surface area contributed by atoms with E-state index in [1.807, 2.05) is 0 Å². The predicted octanol–water partition coefficient (Wildman–Crippen LogP) is 10.8. The van der Waals surface area contributed by atoms with E-state index in [9.17, 15) is 4.79 Å². The van der Waals surface area contributed by atoms with Crippen LogP contribution in [0.15, 0.2) is 0 Å². The third-order valence-corrected chi connectivity index (χ3v) is 7.43. The van der Waals surface area contributed by atoms with Gasteiger partial charge in [-0.05, 0) is 24.7 Å². The molecule has 0 saturated heterocycles. The van der Waals surface area contributed by atoms with Crippen molar-refractivity contribution in [2.75, 3.05) is 6.61 Å². The summed E-state index contributed by atoms with van der Waals surface area (Å²) in [6.45, 7) is 10.00. The molecule has 0 saturated carbocycles. The second-order valence-corrected chi connectivity index (χ2v) is 11.0. The number of hydrogen-bond acceptors (Lipinski definition) is 2. The van der Waals surface area contributed by atoms with E-state index in [4.69, 9.17) is 4.74 Å². The summed E-state index contributed by atoms with van der Waals surface area (Å²) in [7, 11) is 0. The van der Waals surface area contributed by atoms with E-state index in [2.05, 4.69) is 27.7 Å². The fraction of sp³-hybridized carbons (Fsp3) is 0.968. The molecule has 2 nitrogen and oxygen atoms in total. The average Bonchev–Trinajstić information content (AvgIpc) is 2.81. The molecule has 2 heteroatoms. The molecule has 0 amide bonds. The zero-order valence-corrected chi connectivity index (χ0v) is 23.4. The Kier molecular flexibility index (Phi) is 25.7. The molecule has 0 aromatic heterocycles. The Labute approximate surface area is 209 Å². The number of carbonyl (C=O) groups excluding carboxylic acids is 1. The van der Waals surface area contributed by atoms with Crippen LogP contribution in [0.3, 0.4) is 0 Å². The molecule has 0 aliphatic rings. The van der Waals surface area contributed by atoms with Crippen molar-refractivity contribution >= 4 is 5.97 Å². The minimum Gasteiger partial charge on any atom is -0.466 e. The van der Waals surface area contributed by atoms with Crippen LogP contribution in [-0.2, 0) is 9.53 Å². The Morgan fingerprint density at radius 3 is 1.48 bits per heavy atom. The normalized spacial score (nSPS) is 13.2. The maximum atomic E-state index is 11.9. The third-order valence-electron chi connectivity index (χ3n) is 7.43. The summed E-state index contributed by atoms with van der Waals surface area (Å²) in [6, 6.07) is 0. The lowest BCUT2D eigenvalue weighted by Gasteiger charge is -2.10. The van der Waals surface area contributed by atoms with Crippen LogP contribution in [0, 0.1) is 11.8 Å². The van der Waals surface area contributed by atoms with Gasteiger partial charge in [0, 0.05) is 6.42 Å². The molecular formula is C31H62O2. The Morgan fingerprint density at radius 2 is 0.970 bits per heavy atom. The smallest absolute Gasteiger partial charge is 0.305 e. The Hall–Kier alpha value is -0.530. The van der Waals surface area contributed by atoms with Crippen molar-refractivity contribution in [2.24, 2.45) is 11.8 Å². The van der Waals surface area contributed by atoms with Gasteiger partial charge in [-0.1, -0.05) is 156 Å². The molecule has 2 atom stereocenters. The van der Waals surface area contributed by atoms with E-state index in [0.29, 0.717) is 13.0 Å². The van der Waals surface area contributed by atoms with Gasteiger partial charge in [0.25, 0.3) is 0 Å². The van der Waals surface area contributed by atoms with Gasteiger partial charge in [-0.2, -0.15) is 0 Å².